The first-order valence-corrected chi connectivity index (χ1v) is 13.7. The molecule has 0 spiro atoms. The number of nitrogens with zero attached hydrogens (tertiary/aromatic N) is 3. The average Bonchev–Trinajstić information content (AvgIpc) is 3.24. The second-order valence-corrected chi connectivity index (χ2v) is 14.9. The van der Waals surface area contributed by atoms with Crippen LogP contribution in [0, 0.1) is 5.92 Å². The second kappa shape index (κ2) is 8.52. The summed E-state index contributed by atoms with van der Waals surface area (Å²) in [6, 6.07) is 0. The van der Waals surface area contributed by atoms with E-state index in [-0.39, 0.29) is 39.8 Å². The van der Waals surface area contributed by atoms with Gasteiger partial charge >= 0.3 is 0 Å². The molecule has 0 bridgehead atoms. The maximum absolute atomic E-state index is 12.5. The summed E-state index contributed by atoms with van der Waals surface area (Å²) in [7, 11) is -2.15. The van der Waals surface area contributed by atoms with Crippen LogP contribution in [0.3, 0.4) is 0 Å². The standard InChI is InChI=1S/C21H33N5O5Si/c1-11(2)18(28)24-20-23-17-15(19(29)25-20)22-10-26(17)14-9-13(16(30-14)12(3)27)31-32(7,8)21(4,5)6/h10-11,13-14,16H,9H2,1-8H3,(H2,23,24,25,28,29)/t13?,14-,16-/m1/s1. The number of ketones is 1. The number of hydrogen-bond donors (Lipinski definition) is 2. The van der Waals surface area contributed by atoms with Gasteiger partial charge < -0.3 is 9.16 Å². The third-order valence-corrected chi connectivity index (χ3v) is 10.7. The van der Waals surface area contributed by atoms with Gasteiger partial charge in [-0.2, -0.15) is 4.98 Å². The third kappa shape index (κ3) is 4.69. The number of ether oxygens (including phenoxy) is 1. The molecular formula is C21H33N5O5Si. The van der Waals surface area contributed by atoms with Crippen LogP contribution in [0.4, 0.5) is 5.95 Å². The Hall–Kier alpha value is -2.37. The van der Waals surface area contributed by atoms with Crippen LogP contribution < -0.4 is 10.9 Å². The molecule has 0 aromatic carbocycles. The topological polar surface area (TPSA) is 128 Å². The molecule has 1 saturated heterocycles. The Bertz CT molecular complexity index is 1080. The molecule has 0 aliphatic carbocycles. The Morgan fingerprint density at radius 3 is 2.56 bits per heavy atom. The van der Waals surface area contributed by atoms with E-state index in [0.717, 1.165) is 0 Å². The monoisotopic (exact) mass is 463 g/mol. The number of imidazole rings is 1. The van der Waals surface area contributed by atoms with Crippen molar-refractivity contribution in [3.05, 3.63) is 16.7 Å². The van der Waals surface area contributed by atoms with E-state index < -0.39 is 32.3 Å². The number of amides is 1. The van der Waals surface area contributed by atoms with Crippen molar-refractivity contribution in [3.8, 4) is 0 Å². The number of rotatable bonds is 6. The van der Waals surface area contributed by atoms with Gasteiger partial charge in [0.25, 0.3) is 5.56 Å². The summed E-state index contributed by atoms with van der Waals surface area (Å²) < 4.78 is 14.2. The van der Waals surface area contributed by atoms with Gasteiger partial charge in [0.15, 0.2) is 25.3 Å². The molecule has 3 heterocycles. The molecule has 11 heteroatoms. The zero-order valence-corrected chi connectivity index (χ0v) is 21.0. The minimum absolute atomic E-state index is 0.0213. The molecule has 1 aliphatic rings. The quantitative estimate of drug-likeness (QED) is 0.630. The molecule has 3 atom stereocenters. The molecule has 32 heavy (non-hydrogen) atoms. The fourth-order valence-corrected chi connectivity index (χ4v) is 4.62. The van der Waals surface area contributed by atoms with Gasteiger partial charge in [0.1, 0.15) is 12.3 Å². The smallest absolute Gasteiger partial charge is 0.280 e. The summed E-state index contributed by atoms with van der Waals surface area (Å²) in [6.45, 7) is 15.7. The number of aromatic amines is 1. The van der Waals surface area contributed by atoms with E-state index in [0.29, 0.717) is 6.42 Å². The highest BCUT2D eigenvalue weighted by molar-refractivity contribution is 6.74. The lowest BCUT2D eigenvalue weighted by Crippen LogP contribution is -2.47. The highest BCUT2D eigenvalue weighted by Crippen LogP contribution is 2.41. The number of Topliss-reactive ketones (excluding diaryl/α,β-unsaturated/α-hetero) is 1. The molecule has 1 unspecified atom stereocenters. The second-order valence-electron chi connectivity index (χ2n) is 10.2. The van der Waals surface area contributed by atoms with Crippen molar-refractivity contribution in [1.82, 2.24) is 19.5 Å². The fraction of sp³-hybridized carbons (Fsp3) is 0.667. The first-order valence-electron chi connectivity index (χ1n) is 10.8. The molecule has 1 aliphatic heterocycles. The van der Waals surface area contributed by atoms with Crippen LogP contribution in [-0.4, -0.2) is 51.7 Å². The third-order valence-electron chi connectivity index (χ3n) is 6.24. The number of H-pyrrole nitrogens is 1. The predicted molar refractivity (Wildman–Crippen MR) is 123 cm³/mol. The van der Waals surface area contributed by atoms with Crippen LogP contribution in [-0.2, 0) is 18.8 Å². The van der Waals surface area contributed by atoms with Crippen molar-refractivity contribution in [2.45, 2.75) is 84.5 Å². The fourth-order valence-electron chi connectivity index (χ4n) is 3.29. The van der Waals surface area contributed by atoms with Crippen LogP contribution >= 0.6 is 0 Å². The Balaban J connectivity index is 1.94. The highest BCUT2D eigenvalue weighted by atomic mass is 28.4. The lowest BCUT2D eigenvalue weighted by molar-refractivity contribution is -0.132. The van der Waals surface area contributed by atoms with Crippen LogP contribution in [0.15, 0.2) is 11.1 Å². The SMILES string of the molecule is CC(=O)[C@H]1O[C@@H](n2cnc3c(=O)[nH]c(NC(=O)C(C)C)nc32)CC1O[Si](C)(C)C(C)(C)C. The zero-order chi connectivity index (χ0) is 24.0. The summed E-state index contributed by atoms with van der Waals surface area (Å²) >= 11 is 0. The summed E-state index contributed by atoms with van der Waals surface area (Å²) in [5.74, 6) is -0.617. The van der Waals surface area contributed by atoms with Crippen molar-refractivity contribution < 1.29 is 18.8 Å². The van der Waals surface area contributed by atoms with Crippen LogP contribution in [0.1, 0.15) is 54.2 Å². The largest absolute Gasteiger partial charge is 0.411 e. The molecule has 3 rings (SSSR count). The average molecular weight is 464 g/mol. The normalized spacial score (nSPS) is 22.0. The van der Waals surface area contributed by atoms with E-state index in [2.05, 4.69) is 54.1 Å². The van der Waals surface area contributed by atoms with Crippen LogP contribution in [0.5, 0.6) is 0 Å². The van der Waals surface area contributed by atoms with Gasteiger partial charge in [0.2, 0.25) is 11.9 Å². The number of nitrogens with one attached hydrogen (secondary N) is 2. The van der Waals surface area contributed by atoms with Crippen LogP contribution in [0.25, 0.3) is 11.2 Å². The lowest BCUT2D eigenvalue weighted by atomic mass is 10.1. The van der Waals surface area contributed by atoms with Crippen molar-refractivity contribution in [2.75, 3.05) is 5.32 Å². The summed E-state index contributed by atoms with van der Waals surface area (Å²) in [4.78, 5) is 47.9. The minimum atomic E-state index is -2.15. The van der Waals surface area contributed by atoms with E-state index in [1.54, 1.807) is 18.4 Å². The zero-order valence-electron chi connectivity index (χ0n) is 20.0. The number of carbonyl (C=O) groups is 2. The minimum Gasteiger partial charge on any atom is -0.411 e. The Morgan fingerprint density at radius 2 is 2.00 bits per heavy atom. The van der Waals surface area contributed by atoms with Gasteiger partial charge in [-0.1, -0.05) is 34.6 Å². The number of hydrogen-bond acceptors (Lipinski definition) is 7. The summed E-state index contributed by atoms with van der Waals surface area (Å²) in [5.41, 5.74) is -0.0691. The predicted octanol–water partition coefficient (Wildman–Crippen LogP) is 2.98. The highest BCUT2D eigenvalue weighted by Gasteiger charge is 2.46. The van der Waals surface area contributed by atoms with Gasteiger partial charge in [-0.25, -0.2) is 4.98 Å². The van der Waals surface area contributed by atoms with Crippen molar-refractivity contribution in [1.29, 1.82) is 0 Å². The van der Waals surface area contributed by atoms with Gasteiger partial charge in [0.05, 0.1) is 12.4 Å². The molecule has 10 nitrogen and oxygen atoms in total. The van der Waals surface area contributed by atoms with Crippen molar-refractivity contribution in [2.24, 2.45) is 5.92 Å². The van der Waals surface area contributed by atoms with Gasteiger partial charge in [-0.3, -0.25) is 29.3 Å². The molecule has 2 aromatic heterocycles. The maximum atomic E-state index is 12.5. The summed E-state index contributed by atoms with van der Waals surface area (Å²) in [6.07, 6.45) is 0.195. The van der Waals surface area contributed by atoms with Gasteiger partial charge in [-0.05, 0) is 25.1 Å². The molecule has 2 aromatic rings. The van der Waals surface area contributed by atoms with Crippen LogP contribution in [0.2, 0.25) is 18.1 Å². The van der Waals surface area contributed by atoms with Gasteiger partial charge in [0, 0.05) is 12.3 Å². The van der Waals surface area contributed by atoms with E-state index >= 15 is 0 Å². The van der Waals surface area contributed by atoms with E-state index in [9.17, 15) is 14.4 Å². The van der Waals surface area contributed by atoms with Gasteiger partial charge in [-0.15, -0.1) is 0 Å². The Kier molecular flexibility index (Phi) is 6.47. The molecule has 0 radical (unpaired) electrons. The molecule has 2 N–H and O–H groups in total. The lowest BCUT2D eigenvalue weighted by Gasteiger charge is -2.39. The Labute approximate surface area is 188 Å². The number of anilines is 1. The summed E-state index contributed by atoms with van der Waals surface area (Å²) in [5, 5.41) is 2.58. The first kappa shape index (κ1) is 24.3. The molecule has 1 fully saturated rings. The molecular weight excluding hydrogens is 430 g/mol. The first-order chi connectivity index (χ1) is 14.7. The molecule has 176 valence electrons. The maximum Gasteiger partial charge on any atom is 0.280 e. The number of fused-ring (bicyclic) bond motifs is 1. The van der Waals surface area contributed by atoms with Crippen molar-refractivity contribution >= 4 is 37.1 Å². The van der Waals surface area contributed by atoms with E-state index in [1.807, 2.05) is 0 Å². The molecule has 0 saturated carbocycles. The van der Waals surface area contributed by atoms with Crippen molar-refractivity contribution in [3.63, 3.8) is 0 Å². The number of carbonyl (C=O) groups excluding carboxylic acids is 2. The Morgan fingerprint density at radius 1 is 1.34 bits per heavy atom. The van der Waals surface area contributed by atoms with E-state index in [4.69, 9.17) is 9.16 Å². The number of aromatic nitrogens is 4. The van der Waals surface area contributed by atoms with E-state index in [1.165, 1.54) is 13.3 Å². The molecule has 1 amide bonds.